The van der Waals surface area contributed by atoms with Crippen LogP contribution in [0.4, 0.5) is 4.39 Å². The van der Waals surface area contributed by atoms with Crippen LogP contribution in [0, 0.1) is 12.7 Å². The molecule has 2 heterocycles. The normalized spacial score (nSPS) is 17.6. The summed E-state index contributed by atoms with van der Waals surface area (Å²) in [6, 6.07) is 4.63. The number of hydrogen-bond acceptors (Lipinski definition) is 2. The summed E-state index contributed by atoms with van der Waals surface area (Å²) in [7, 11) is 0. The maximum atomic E-state index is 13.5. The number of benzene rings is 1. The number of carbonyl (C=O) groups excluding carboxylic acids is 1. The number of aryl methyl sites for hydroxylation is 2. The van der Waals surface area contributed by atoms with Crippen LogP contribution < -0.4 is 5.32 Å². The van der Waals surface area contributed by atoms with E-state index in [1.165, 1.54) is 6.07 Å². The van der Waals surface area contributed by atoms with E-state index in [-0.39, 0.29) is 17.8 Å². The molecular formula is C15H16FN3O. The van der Waals surface area contributed by atoms with Crippen LogP contribution in [0.2, 0.25) is 0 Å². The number of carbonyl (C=O) groups is 1. The zero-order chi connectivity index (χ0) is 14.1. The number of halogens is 1. The minimum absolute atomic E-state index is 0.0635. The first-order valence-electron chi connectivity index (χ1n) is 6.70. The SMILES string of the molecule is Cc1ccc(C(=O)NC2CCc3nccn3C2)cc1F. The second-order valence-corrected chi connectivity index (χ2v) is 5.17. The van der Waals surface area contributed by atoms with Crippen molar-refractivity contribution in [3.63, 3.8) is 0 Å². The van der Waals surface area contributed by atoms with Gasteiger partial charge < -0.3 is 9.88 Å². The Morgan fingerprint density at radius 2 is 2.35 bits per heavy atom. The van der Waals surface area contributed by atoms with E-state index in [4.69, 9.17) is 0 Å². The molecule has 1 aromatic carbocycles. The monoisotopic (exact) mass is 273 g/mol. The minimum Gasteiger partial charge on any atom is -0.347 e. The summed E-state index contributed by atoms with van der Waals surface area (Å²) in [6.45, 7) is 2.40. The molecule has 4 nitrogen and oxygen atoms in total. The van der Waals surface area contributed by atoms with Gasteiger partial charge >= 0.3 is 0 Å². The molecule has 0 aliphatic carbocycles. The molecule has 0 radical (unpaired) electrons. The molecule has 1 amide bonds. The third-order valence-electron chi connectivity index (χ3n) is 3.70. The summed E-state index contributed by atoms with van der Waals surface area (Å²) in [5.41, 5.74) is 0.909. The first-order chi connectivity index (χ1) is 9.63. The highest BCUT2D eigenvalue weighted by Gasteiger charge is 2.21. The summed E-state index contributed by atoms with van der Waals surface area (Å²) in [5.74, 6) is 0.479. The predicted octanol–water partition coefficient (Wildman–Crippen LogP) is 2.08. The Kier molecular flexibility index (Phi) is 3.26. The quantitative estimate of drug-likeness (QED) is 0.910. The molecule has 1 N–H and O–H groups in total. The topological polar surface area (TPSA) is 46.9 Å². The van der Waals surface area contributed by atoms with Crippen molar-refractivity contribution in [1.29, 1.82) is 0 Å². The summed E-state index contributed by atoms with van der Waals surface area (Å²) in [4.78, 5) is 16.4. The molecule has 0 saturated carbocycles. The second-order valence-electron chi connectivity index (χ2n) is 5.17. The number of nitrogens with one attached hydrogen (secondary N) is 1. The highest BCUT2D eigenvalue weighted by Crippen LogP contribution is 2.14. The van der Waals surface area contributed by atoms with E-state index < -0.39 is 0 Å². The molecule has 0 saturated heterocycles. The molecule has 1 unspecified atom stereocenters. The van der Waals surface area contributed by atoms with Crippen molar-refractivity contribution in [3.05, 3.63) is 53.4 Å². The Balaban J connectivity index is 1.69. The highest BCUT2D eigenvalue weighted by molar-refractivity contribution is 5.94. The molecule has 3 rings (SSSR count). The fourth-order valence-corrected chi connectivity index (χ4v) is 2.49. The number of aromatic nitrogens is 2. The van der Waals surface area contributed by atoms with Gasteiger partial charge in [0.2, 0.25) is 0 Å². The lowest BCUT2D eigenvalue weighted by Crippen LogP contribution is -2.40. The molecule has 1 atom stereocenters. The number of amides is 1. The molecule has 0 bridgehead atoms. The van der Waals surface area contributed by atoms with Crippen LogP contribution in [-0.4, -0.2) is 21.5 Å². The van der Waals surface area contributed by atoms with E-state index in [2.05, 4.69) is 10.3 Å². The van der Waals surface area contributed by atoms with E-state index >= 15 is 0 Å². The van der Waals surface area contributed by atoms with Gasteiger partial charge in [0.15, 0.2) is 0 Å². The van der Waals surface area contributed by atoms with E-state index in [0.29, 0.717) is 11.1 Å². The van der Waals surface area contributed by atoms with Crippen molar-refractivity contribution in [2.45, 2.75) is 32.4 Å². The van der Waals surface area contributed by atoms with Crippen molar-refractivity contribution in [1.82, 2.24) is 14.9 Å². The van der Waals surface area contributed by atoms with Crippen molar-refractivity contribution < 1.29 is 9.18 Å². The average molecular weight is 273 g/mol. The van der Waals surface area contributed by atoms with E-state index in [1.54, 1.807) is 25.3 Å². The maximum Gasteiger partial charge on any atom is 0.251 e. The molecule has 20 heavy (non-hydrogen) atoms. The molecule has 5 heteroatoms. The van der Waals surface area contributed by atoms with Crippen LogP contribution in [0.3, 0.4) is 0 Å². The Bertz CT molecular complexity index is 650. The lowest BCUT2D eigenvalue weighted by molar-refractivity contribution is 0.0927. The molecule has 104 valence electrons. The largest absolute Gasteiger partial charge is 0.347 e. The third-order valence-corrected chi connectivity index (χ3v) is 3.70. The van der Waals surface area contributed by atoms with E-state index in [0.717, 1.165) is 25.2 Å². The van der Waals surface area contributed by atoms with Gasteiger partial charge in [0.25, 0.3) is 5.91 Å². The molecule has 1 aliphatic heterocycles. The summed E-state index contributed by atoms with van der Waals surface area (Å²) >= 11 is 0. The van der Waals surface area contributed by atoms with Crippen molar-refractivity contribution in [2.75, 3.05) is 0 Å². The smallest absolute Gasteiger partial charge is 0.251 e. The van der Waals surface area contributed by atoms with Crippen molar-refractivity contribution in [2.24, 2.45) is 0 Å². The number of fused-ring (bicyclic) bond motifs is 1. The molecule has 2 aromatic rings. The fraction of sp³-hybridized carbons (Fsp3) is 0.333. The average Bonchev–Trinajstić information content (AvgIpc) is 2.89. The predicted molar refractivity (Wildman–Crippen MR) is 72.9 cm³/mol. The lowest BCUT2D eigenvalue weighted by Gasteiger charge is -2.24. The zero-order valence-electron chi connectivity index (χ0n) is 11.3. The summed E-state index contributed by atoms with van der Waals surface area (Å²) in [5, 5.41) is 2.96. The van der Waals surface area contributed by atoms with Gasteiger partial charge in [-0.3, -0.25) is 4.79 Å². The number of rotatable bonds is 2. The van der Waals surface area contributed by atoms with Gasteiger partial charge in [-0.25, -0.2) is 9.37 Å². The van der Waals surface area contributed by atoms with Gasteiger partial charge in [-0.1, -0.05) is 6.07 Å². The standard InChI is InChI=1S/C15H16FN3O/c1-10-2-3-11(8-13(10)16)15(20)18-12-4-5-14-17-6-7-19(14)9-12/h2-3,6-8,12H,4-5,9H2,1H3,(H,18,20). The van der Waals surface area contributed by atoms with Gasteiger partial charge in [-0.05, 0) is 31.0 Å². The van der Waals surface area contributed by atoms with Gasteiger partial charge in [-0.2, -0.15) is 0 Å². The Morgan fingerprint density at radius 1 is 1.50 bits per heavy atom. The fourth-order valence-electron chi connectivity index (χ4n) is 2.49. The first kappa shape index (κ1) is 12.8. The Hall–Kier alpha value is -2.17. The van der Waals surface area contributed by atoms with Crippen LogP contribution in [-0.2, 0) is 13.0 Å². The van der Waals surface area contributed by atoms with Crippen LogP contribution in [0.5, 0.6) is 0 Å². The van der Waals surface area contributed by atoms with E-state index in [9.17, 15) is 9.18 Å². The second kappa shape index (κ2) is 5.07. The van der Waals surface area contributed by atoms with Gasteiger partial charge in [0.1, 0.15) is 11.6 Å². The van der Waals surface area contributed by atoms with Gasteiger partial charge in [-0.15, -0.1) is 0 Å². The molecule has 0 fully saturated rings. The third kappa shape index (κ3) is 2.43. The van der Waals surface area contributed by atoms with E-state index in [1.807, 2.05) is 10.8 Å². The molecule has 0 spiro atoms. The van der Waals surface area contributed by atoms with Crippen LogP contribution in [0.15, 0.2) is 30.6 Å². The summed E-state index contributed by atoms with van der Waals surface area (Å²) in [6.07, 6.45) is 5.39. The number of hydrogen-bond donors (Lipinski definition) is 1. The van der Waals surface area contributed by atoms with Crippen molar-refractivity contribution >= 4 is 5.91 Å². The zero-order valence-corrected chi connectivity index (χ0v) is 11.3. The van der Waals surface area contributed by atoms with Crippen LogP contribution >= 0.6 is 0 Å². The Morgan fingerprint density at radius 3 is 3.15 bits per heavy atom. The highest BCUT2D eigenvalue weighted by atomic mass is 19.1. The molecule has 1 aromatic heterocycles. The summed E-state index contributed by atoms with van der Waals surface area (Å²) < 4.78 is 15.5. The Labute approximate surface area is 116 Å². The number of imidazole rings is 1. The van der Waals surface area contributed by atoms with Gasteiger partial charge in [0, 0.05) is 37.0 Å². The molecule has 1 aliphatic rings. The van der Waals surface area contributed by atoms with Crippen molar-refractivity contribution in [3.8, 4) is 0 Å². The number of nitrogens with zero attached hydrogens (tertiary/aromatic N) is 2. The first-order valence-corrected chi connectivity index (χ1v) is 6.70. The maximum absolute atomic E-state index is 13.5. The molecular weight excluding hydrogens is 257 g/mol. The lowest BCUT2D eigenvalue weighted by atomic mass is 10.1. The van der Waals surface area contributed by atoms with Gasteiger partial charge in [0.05, 0.1) is 0 Å². The van der Waals surface area contributed by atoms with Crippen LogP contribution in [0.25, 0.3) is 0 Å². The minimum atomic E-state index is -0.349. The van der Waals surface area contributed by atoms with Crippen LogP contribution in [0.1, 0.15) is 28.2 Å².